The van der Waals surface area contributed by atoms with Crippen LogP contribution in [0.1, 0.15) is 19.8 Å². The molecule has 0 aromatic carbocycles. The second-order valence-electron chi connectivity index (χ2n) is 2.64. The summed E-state index contributed by atoms with van der Waals surface area (Å²) in [6, 6.07) is -0.776. The largest absolute Gasteiger partial charge is 0.370 e. The summed E-state index contributed by atoms with van der Waals surface area (Å²) in [5, 5.41) is 2.71. The number of alkyl halides is 2. The maximum absolute atomic E-state index is 12.8. The highest BCUT2D eigenvalue weighted by Crippen LogP contribution is 2.25. The molecule has 2 nitrogen and oxygen atoms in total. The molecule has 0 bridgehead atoms. The zero-order chi connectivity index (χ0) is 8.32. The van der Waals surface area contributed by atoms with Crippen LogP contribution < -0.4 is 5.32 Å². The molecule has 0 amide bonds. The van der Waals surface area contributed by atoms with Gasteiger partial charge in [-0.3, -0.25) is 0 Å². The van der Waals surface area contributed by atoms with E-state index in [-0.39, 0.29) is 6.61 Å². The molecule has 1 N–H and O–H groups in total. The van der Waals surface area contributed by atoms with Gasteiger partial charge in [0.15, 0.2) is 0 Å². The Morgan fingerprint density at radius 1 is 1.64 bits per heavy atom. The minimum atomic E-state index is -2.98. The Hall–Kier alpha value is -0.220. The van der Waals surface area contributed by atoms with Gasteiger partial charge in [-0.05, 0) is 26.3 Å². The first kappa shape index (κ1) is 8.87. The second-order valence-corrected chi connectivity index (χ2v) is 2.64. The third kappa shape index (κ3) is 2.10. The van der Waals surface area contributed by atoms with Gasteiger partial charge in [-0.25, -0.2) is 0 Å². The molecule has 1 aliphatic heterocycles. The van der Waals surface area contributed by atoms with Gasteiger partial charge in [0.2, 0.25) is 0 Å². The Balaban J connectivity index is 2.41. The van der Waals surface area contributed by atoms with Gasteiger partial charge in [0, 0.05) is 0 Å². The minimum Gasteiger partial charge on any atom is -0.320 e. The molecule has 1 rings (SSSR count). The lowest BCUT2D eigenvalue weighted by atomic mass is 10.2. The van der Waals surface area contributed by atoms with Crippen LogP contribution in [0.5, 0.6) is 0 Å². The van der Waals surface area contributed by atoms with Gasteiger partial charge < -0.3 is 10.1 Å². The molecular formula is C7H13F2NO. The standard InChI is InChI=1S/C7H13F2NO/c1-2-11-7(8,9)6-4-3-5-10-6/h6,10H,2-5H2,1H3. The highest BCUT2D eigenvalue weighted by molar-refractivity contribution is 4.81. The highest BCUT2D eigenvalue weighted by Gasteiger charge is 2.41. The lowest BCUT2D eigenvalue weighted by Gasteiger charge is -2.22. The zero-order valence-electron chi connectivity index (χ0n) is 6.57. The first-order chi connectivity index (χ1) is 5.17. The fraction of sp³-hybridized carbons (Fsp3) is 1.00. The molecule has 0 spiro atoms. The molecule has 4 heteroatoms. The van der Waals surface area contributed by atoms with Crippen molar-refractivity contribution >= 4 is 0 Å². The molecule has 11 heavy (non-hydrogen) atoms. The number of hydrogen-bond acceptors (Lipinski definition) is 2. The zero-order valence-corrected chi connectivity index (χ0v) is 6.57. The first-order valence-corrected chi connectivity index (χ1v) is 3.92. The van der Waals surface area contributed by atoms with E-state index in [1.54, 1.807) is 6.92 Å². The van der Waals surface area contributed by atoms with E-state index in [1.807, 2.05) is 0 Å². The van der Waals surface area contributed by atoms with Gasteiger partial charge in [0.25, 0.3) is 0 Å². The monoisotopic (exact) mass is 165 g/mol. The van der Waals surface area contributed by atoms with Crippen LogP contribution in [-0.2, 0) is 4.74 Å². The molecule has 0 saturated carbocycles. The Labute approximate surface area is 64.9 Å². The van der Waals surface area contributed by atoms with Crippen molar-refractivity contribution in [3.63, 3.8) is 0 Å². The van der Waals surface area contributed by atoms with E-state index < -0.39 is 12.2 Å². The molecule has 1 heterocycles. The van der Waals surface area contributed by atoms with Crippen LogP contribution in [0.15, 0.2) is 0 Å². The van der Waals surface area contributed by atoms with E-state index in [9.17, 15) is 8.78 Å². The molecule has 1 unspecified atom stereocenters. The van der Waals surface area contributed by atoms with Gasteiger partial charge in [-0.15, -0.1) is 0 Å². The summed E-state index contributed by atoms with van der Waals surface area (Å²) in [7, 11) is 0. The topological polar surface area (TPSA) is 21.3 Å². The summed E-state index contributed by atoms with van der Waals surface area (Å²) >= 11 is 0. The molecule has 0 radical (unpaired) electrons. The number of ether oxygens (including phenoxy) is 1. The van der Waals surface area contributed by atoms with E-state index in [2.05, 4.69) is 10.1 Å². The van der Waals surface area contributed by atoms with E-state index >= 15 is 0 Å². The van der Waals surface area contributed by atoms with Crippen molar-refractivity contribution < 1.29 is 13.5 Å². The molecule has 66 valence electrons. The molecular weight excluding hydrogens is 152 g/mol. The summed E-state index contributed by atoms with van der Waals surface area (Å²) in [5.74, 6) is 0. The van der Waals surface area contributed by atoms with E-state index in [0.29, 0.717) is 13.0 Å². The predicted octanol–water partition coefficient (Wildman–Crippen LogP) is 1.37. The smallest absolute Gasteiger partial charge is 0.320 e. The molecule has 0 aliphatic carbocycles. The maximum Gasteiger partial charge on any atom is 0.370 e. The SMILES string of the molecule is CCOC(F)(F)C1CCCN1. The summed E-state index contributed by atoms with van der Waals surface area (Å²) in [6.45, 7) is 2.31. The van der Waals surface area contributed by atoms with Crippen molar-refractivity contribution in [1.29, 1.82) is 0 Å². The second kappa shape index (κ2) is 3.45. The number of hydrogen-bond donors (Lipinski definition) is 1. The third-order valence-corrected chi connectivity index (χ3v) is 1.80. The van der Waals surface area contributed by atoms with Gasteiger partial charge in [-0.1, -0.05) is 0 Å². The average Bonchev–Trinajstić information content (AvgIpc) is 2.37. The lowest BCUT2D eigenvalue weighted by molar-refractivity contribution is -0.251. The minimum absolute atomic E-state index is 0.0607. The third-order valence-electron chi connectivity index (χ3n) is 1.80. The van der Waals surface area contributed by atoms with Crippen molar-refractivity contribution in [3.05, 3.63) is 0 Å². The summed E-state index contributed by atoms with van der Waals surface area (Å²) in [6.07, 6.45) is -1.66. The van der Waals surface area contributed by atoms with Crippen LogP contribution >= 0.6 is 0 Å². The number of rotatable bonds is 3. The van der Waals surface area contributed by atoms with Crippen molar-refractivity contribution in [2.45, 2.75) is 31.9 Å². The van der Waals surface area contributed by atoms with Gasteiger partial charge >= 0.3 is 6.11 Å². The predicted molar refractivity (Wildman–Crippen MR) is 37.6 cm³/mol. The molecule has 0 aromatic rings. The maximum atomic E-state index is 12.8. The summed E-state index contributed by atoms with van der Waals surface area (Å²) in [4.78, 5) is 0. The van der Waals surface area contributed by atoms with E-state index in [4.69, 9.17) is 0 Å². The summed E-state index contributed by atoms with van der Waals surface area (Å²) < 4.78 is 30.0. The van der Waals surface area contributed by atoms with Crippen molar-refractivity contribution in [2.24, 2.45) is 0 Å². The quantitative estimate of drug-likeness (QED) is 0.682. The van der Waals surface area contributed by atoms with Crippen molar-refractivity contribution in [2.75, 3.05) is 13.2 Å². The van der Waals surface area contributed by atoms with Gasteiger partial charge in [-0.2, -0.15) is 8.78 Å². The van der Waals surface area contributed by atoms with Crippen LogP contribution in [0.2, 0.25) is 0 Å². The van der Waals surface area contributed by atoms with Crippen molar-refractivity contribution in [1.82, 2.24) is 5.32 Å². The lowest BCUT2D eigenvalue weighted by Crippen LogP contribution is -2.42. The molecule has 0 aromatic heterocycles. The summed E-state index contributed by atoms with van der Waals surface area (Å²) in [5.41, 5.74) is 0. The van der Waals surface area contributed by atoms with E-state index in [0.717, 1.165) is 6.42 Å². The molecule has 1 fully saturated rings. The first-order valence-electron chi connectivity index (χ1n) is 3.92. The fourth-order valence-electron chi connectivity index (χ4n) is 1.26. The van der Waals surface area contributed by atoms with Crippen LogP contribution in [-0.4, -0.2) is 25.3 Å². The Morgan fingerprint density at radius 2 is 2.36 bits per heavy atom. The Bertz CT molecular complexity index is 124. The van der Waals surface area contributed by atoms with Crippen LogP contribution in [0.25, 0.3) is 0 Å². The Morgan fingerprint density at radius 3 is 2.82 bits per heavy atom. The van der Waals surface area contributed by atoms with Gasteiger partial charge in [0.05, 0.1) is 12.6 Å². The highest BCUT2D eigenvalue weighted by atomic mass is 19.3. The van der Waals surface area contributed by atoms with Crippen LogP contribution in [0.4, 0.5) is 8.78 Å². The molecule has 1 atom stereocenters. The van der Waals surface area contributed by atoms with Crippen LogP contribution in [0.3, 0.4) is 0 Å². The number of nitrogens with one attached hydrogen (secondary N) is 1. The fourth-order valence-corrected chi connectivity index (χ4v) is 1.26. The number of halogens is 2. The molecule has 1 aliphatic rings. The van der Waals surface area contributed by atoms with Crippen LogP contribution in [0, 0.1) is 0 Å². The van der Waals surface area contributed by atoms with Crippen molar-refractivity contribution in [3.8, 4) is 0 Å². The Kier molecular flexibility index (Phi) is 2.78. The molecule has 1 saturated heterocycles. The van der Waals surface area contributed by atoms with E-state index in [1.165, 1.54) is 0 Å². The average molecular weight is 165 g/mol. The van der Waals surface area contributed by atoms with Gasteiger partial charge in [0.1, 0.15) is 0 Å². The normalized spacial score (nSPS) is 25.9.